The molecular weight excluding hydrogens is 362 g/mol. The monoisotopic (exact) mass is 383 g/mol. The highest BCUT2D eigenvalue weighted by molar-refractivity contribution is 7.90. The molecular formula is C21H21NO4S. The van der Waals surface area contributed by atoms with Crippen molar-refractivity contribution in [3.63, 3.8) is 0 Å². The number of fused-ring (bicyclic) bond motifs is 1. The van der Waals surface area contributed by atoms with Crippen LogP contribution in [0.25, 0.3) is 11.0 Å². The summed E-state index contributed by atoms with van der Waals surface area (Å²) in [5.41, 5.74) is 3.01. The van der Waals surface area contributed by atoms with Gasteiger partial charge in [-0.05, 0) is 50.5 Å². The second-order valence-corrected chi connectivity index (χ2v) is 9.20. The molecule has 0 atom stereocenters. The summed E-state index contributed by atoms with van der Waals surface area (Å²) >= 11 is 0. The van der Waals surface area contributed by atoms with Crippen molar-refractivity contribution in [3.05, 3.63) is 64.9 Å². The first kappa shape index (κ1) is 17.8. The van der Waals surface area contributed by atoms with Crippen molar-refractivity contribution in [1.82, 2.24) is 5.32 Å². The lowest BCUT2D eigenvalue weighted by molar-refractivity contribution is 0.0924. The summed E-state index contributed by atoms with van der Waals surface area (Å²) in [4.78, 5) is 12.5. The van der Waals surface area contributed by atoms with E-state index in [1.54, 1.807) is 19.1 Å². The quantitative estimate of drug-likeness (QED) is 0.725. The summed E-state index contributed by atoms with van der Waals surface area (Å²) in [6, 6.07) is 12.5. The van der Waals surface area contributed by atoms with Gasteiger partial charge in [-0.3, -0.25) is 4.79 Å². The van der Waals surface area contributed by atoms with Gasteiger partial charge < -0.3 is 9.73 Å². The predicted molar refractivity (Wildman–Crippen MR) is 104 cm³/mol. The molecule has 1 fully saturated rings. The van der Waals surface area contributed by atoms with Crippen molar-refractivity contribution in [3.8, 4) is 0 Å². The lowest BCUT2D eigenvalue weighted by Gasteiger charge is -2.05. The molecule has 1 aliphatic carbocycles. The van der Waals surface area contributed by atoms with E-state index < -0.39 is 9.84 Å². The van der Waals surface area contributed by atoms with E-state index in [1.165, 1.54) is 6.07 Å². The van der Waals surface area contributed by atoms with Gasteiger partial charge in [0.2, 0.25) is 0 Å². The zero-order valence-corrected chi connectivity index (χ0v) is 16.1. The van der Waals surface area contributed by atoms with Gasteiger partial charge in [-0.2, -0.15) is 0 Å². The van der Waals surface area contributed by atoms with Gasteiger partial charge in [0.1, 0.15) is 5.58 Å². The molecule has 0 bridgehead atoms. The maximum absolute atomic E-state index is 12.8. The zero-order valence-electron chi connectivity index (χ0n) is 15.3. The fraction of sp³-hybridized carbons (Fsp3) is 0.286. The number of aryl methyl sites for hydroxylation is 2. The Kier molecular flexibility index (Phi) is 4.30. The van der Waals surface area contributed by atoms with E-state index >= 15 is 0 Å². The van der Waals surface area contributed by atoms with Crippen molar-refractivity contribution < 1.29 is 17.6 Å². The predicted octanol–water partition coefficient (Wildman–Crippen LogP) is 3.92. The molecule has 140 valence electrons. The van der Waals surface area contributed by atoms with Crippen molar-refractivity contribution in [1.29, 1.82) is 0 Å². The van der Waals surface area contributed by atoms with Crippen LogP contribution in [0.1, 0.15) is 40.1 Å². The highest BCUT2D eigenvalue weighted by Gasteiger charge is 2.27. The highest BCUT2D eigenvalue weighted by atomic mass is 32.2. The largest absolute Gasteiger partial charge is 0.451 e. The third-order valence-electron chi connectivity index (χ3n) is 4.86. The minimum absolute atomic E-state index is 0.0648. The van der Waals surface area contributed by atoms with E-state index in [-0.39, 0.29) is 28.4 Å². The van der Waals surface area contributed by atoms with Gasteiger partial charge >= 0.3 is 0 Å². The van der Waals surface area contributed by atoms with Crippen LogP contribution in [0.4, 0.5) is 0 Å². The number of carbonyl (C=O) groups is 1. The normalized spacial score (nSPS) is 14.4. The highest BCUT2D eigenvalue weighted by Crippen LogP contribution is 2.29. The number of carbonyl (C=O) groups excluding carboxylic acids is 1. The fourth-order valence-corrected chi connectivity index (χ4v) is 4.45. The van der Waals surface area contributed by atoms with Crippen LogP contribution in [0.2, 0.25) is 0 Å². The lowest BCUT2D eigenvalue weighted by atomic mass is 10.1. The summed E-state index contributed by atoms with van der Waals surface area (Å²) in [6.45, 7) is 3.74. The number of furan rings is 1. The van der Waals surface area contributed by atoms with Gasteiger partial charge in [-0.25, -0.2) is 8.42 Å². The zero-order chi connectivity index (χ0) is 19.2. The molecule has 1 aliphatic rings. The van der Waals surface area contributed by atoms with Gasteiger partial charge in [0, 0.05) is 17.0 Å². The number of amides is 1. The third kappa shape index (κ3) is 3.62. The number of rotatable bonds is 5. The van der Waals surface area contributed by atoms with Crippen LogP contribution < -0.4 is 5.32 Å². The number of sulfone groups is 1. The second kappa shape index (κ2) is 6.53. The maximum Gasteiger partial charge on any atom is 0.287 e. The molecule has 3 aromatic rings. The summed E-state index contributed by atoms with van der Waals surface area (Å²) in [5.74, 6) is -0.0507. The maximum atomic E-state index is 12.8. The molecule has 0 saturated heterocycles. The van der Waals surface area contributed by atoms with Gasteiger partial charge in [-0.15, -0.1) is 0 Å². The number of benzene rings is 2. The van der Waals surface area contributed by atoms with E-state index in [2.05, 4.69) is 5.32 Å². The van der Waals surface area contributed by atoms with Crippen molar-refractivity contribution >= 4 is 26.7 Å². The minimum atomic E-state index is -3.50. The summed E-state index contributed by atoms with van der Waals surface area (Å²) < 4.78 is 31.3. The van der Waals surface area contributed by atoms with Crippen LogP contribution in [-0.2, 0) is 15.6 Å². The average molecular weight is 383 g/mol. The van der Waals surface area contributed by atoms with E-state index in [4.69, 9.17) is 4.42 Å². The van der Waals surface area contributed by atoms with Crippen LogP contribution >= 0.6 is 0 Å². The van der Waals surface area contributed by atoms with Crippen LogP contribution in [0, 0.1) is 13.8 Å². The standard InChI is InChI=1S/C21H21NO4S/c1-13-3-5-15(6-4-13)12-27(24,25)17-9-10-19-18(11-17)14(2)20(26-19)21(23)22-16-7-8-16/h3-6,9-11,16H,7-8,12H2,1-2H3,(H,22,23). The second-order valence-electron chi connectivity index (χ2n) is 7.21. The fourth-order valence-electron chi connectivity index (χ4n) is 3.08. The number of hydrogen-bond donors (Lipinski definition) is 1. The lowest BCUT2D eigenvalue weighted by Crippen LogP contribution is -2.25. The first-order valence-electron chi connectivity index (χ1n) is 8.96. The van der Waals surface area contributed by atoms with Gasteiger partial charge in [0.25, 0.3) is 5.91 Å². The summed E-state index contributed by atoms with van der Waals surface area (Å²) in [5, 5.41) is 3.56. The Morgan fingerprint density at radius 1 is 1.11 bits per heavy atom. The molecule has 0 unspecified atom stereocenters. The molecule has 5 nitrogen and oxygen atoms in total. The Labute approximate surface area is 158 Å². The molecule has 1 amide bonds. The molecule has 1 saturated carbocycles. The summed E-state index contributed by atoms with van der Waals surface area (Å²) in [6.07, 6.45) is 1.98. The van der Waals surface area contributed by atoms with E-state index in [1.807, 2.05) is 31.2 Å². The average Bonchev–Trinajstić information content (AvgIpc) is 3.38. The van der Waals surface area contributed by atoms with E-state index in [9.17, 15) is 13.2 Å². The molecule has 6 heteroatoms. The van der Waals surface area contributed by atoms with Gasteiger partial charge in [-0.1, -0.05) is 29.8 Å². The molecule has 1 N–H and O–H groups in total. The molecule has 4 rings (SSSR count). The Morgan fingerprint density at radius 2 is 1.81 bits per heavy atom. The smallest absolute Gasteiger partial charge is 0.287 e. The molecule has 0 radical (unpaired) electrons. The number of nitrogens with one attached hydrogen (secondary N) is 1. The van der Waals surface area contributed by atoms with E-state index in [0.29, 0.717) is 16.5 Å². The molecule has 1 aromatic heterocycles. The van der Waals surface area contributed by atoms with Crippen molar-refractivity contribution in [2.75, 3.05) is 0 Å². The summed E-state index contributed by atoms with van der Waals surface area (Å²) in [7, 11) is -3.50. The Morgan fingerprint density at radius 3 is 2.48 bits per heavy atom. The van der Waals surface area contributed by atoms with Gasteiger partial charge in [0.05, 0.1) is 10.6 Å². The first-order valence-corrected chi connectivity index (χ1v) is 10.6. The molecule has 1 heterocycles. The molecule has 0 spiro atoms. The van der Waals surface area contributed by atoms with Crippen LogP contribution in [0.15, 0.2) is 51.8 Å². The third-order valence-corrected chi connectivity index (χ3v) is 6.55. The molecule has 0 aliphatic heterocycles. The van der Waals surface area contributed by atoms with E-state index in [0.717, 1.165) is 24.0 Å². The van der Waals surface area contributed by atoms with Gasteiger partial charge in [0.15, 0.2) is 15.6 Å². The molecule has 2 aromatic carbocycles. The topological polar surface area (TPSA) is 76.4 Å². The SMILES string of the molecule is Cc1ccc(CS(=O)(=O)c2ccc3oc(C(=O)NC4CC4)c(C)c3c2)cc1. The molecule has 27 heavy (non-hydrogen) atoms. The first-order chi connectivity index (χ1) is 12.8. The van der Waals surface area contributed by atoms with Crippen LogP contribution in [0.5, 0.6) is 0 Å². The van der Waals surface area contributed by atoms with Crippen molar-refractivity contribution in [2.24, 2.45) is 0 Å². The van der Waals surface area contributed by atoms with Crippen molar-refractivity contribution in [2.45, 2.75) is 43.4 Å². The van der Waals surface area contributed by atoms with Crippen LogP contribution in [0.3, 0.4) is 0 Å². The van der Waals surface area contributed by atoms with Crippen LogP contribution in [-0.4, -0.2) is 20.4 Å². The minimum Gasteiger partial charge on any atom is -0.451 e. The Hall–Kier alpha value is -2.60. The number of hydrogen-bond acceptors (Lipinski definition) is 4. The Bertz CT molecular complexity index is 1120. The Balaban J connectivity index is 1.66.